The van der Waals surface area contributed by atoms with Gasteiger partial charge < -0.3 is 5.11 Å². The fraction of sp³-hybridized carbons (Fsp3) is 0.500. The predicted octanol–water partition coefficient (Wildman–Crippen LogP) is 2.42. The molecule has 0 heterocycles. The summed E-state index contributed by atoms with van der Waals surface area (Å²) in [5.41, 5.74) is 1.36. The molecule has 0 spiro atoms. The number of aliphatic hydroxyl groups excluding tert-OH is 1. The summed E-state index contributed by atoms with van der Waals surface area (Å²) in [6.45, 7) is 4.66. The van der Waals surface area contributed by atoms with Gasteiger partial charge in [0.15, 0.2) is 14.0 Å². The van der Waals surface area contributed by atoms with Crippen molar-refractivity contribution in [1.29, 1.82) is 0 Å². The lowest BCUT2D eigenvalue weighted by Crippen LogP contribution is -2.37. The number of aryl methyl sites for hydroxylation is 1. The molecule has 0 aliphatic rings. The van der Waals surface area contributed by atoms with Crippen LogP contribution in [0.25, 0.3) is 0 Å². The fourth-order valence-corrected chi connectivity index (χ4v) is 3.10. The Bertz CT molecular complexity index is 494. The summed E-state index contributed by atoms with van der Waals surface area (Å²) in [6.07, 6.45) is -1.24. The van der Waals surface area contributed by atoms with Gasteiger partial charge in [-0.05, 0) is 25.0 Å². The van der Waals surface area contributed by atoms with E-state index in [0.29, 0.717) is 5.56 Å². The Balaban J connectivity index is 3.23. The van der Waals surface area contributed by atoms with Gasteiger partial charge in [0.05, 0.1) is 0 Å². The van der Waals surface area contributed by atoms with Gasteiger partial charge in [-0.3, -0.25) is 0 Å². The third-order valence-electron chi connectivity index (χ3n) is 2.96. The molecule has 2 atom stereocenters. The lowest BCUT2D eigenvalue weighted by molar-refractivity contribution is 0.162. The van der Waals surface area contributed by atoms with Gasteiger partial charge in [-0.2, -0.15) is 0 Å². The molecule has 1 aromatic rings. The van der Waals surface area contributed by atoms with E-state index in [1.54, 1.807) is 12.1 Å². The Labute approximate surface area is 107 Å². The van der Waals surface area contributed by atoms with Crippen molar-refractivity contribution in [2.24, 2.45) is 0 Å². The van der Waals surface area contributed by atoms with Crippen LogP contribution in [0.2, 0.25) is 0 Å². The zero-order valence-corrected chi connectivity index (χ0v) is 11.7. The second-order valence-corrected chi connectivity index (χ2v) is 7.81. The smallest absolute Gasteiger partial charge is 0.172 e. The first-order valence-electron chi connectivity index (χ1n) is 5.39. The van der Waals surface area contributed by atoms with Crippen LogP contribution in [-0.4, -0.2) is 23.5 Å². The third kappa shape index (κ3) is 2.64. The van der Waals surface area contributed by atoms with Crippen molar-refractivity contribution in [3.63, 3.8) is 0 Å². The average Bonchev–Trinajstić information content (AvgIpc) is 2.28. The molecule has 3 nitrogen and oxygen atoms in total. The summed E-state index contributed by atoms with van der Waals surface area (Å²) >= 11 is 6.05. The van der Waals surface area contributed by atoms with E-state index in [0.717, 1.165) is 5.56 Å². The minimum absolute atomic E-state index is 0.101. The Morgan fingerprint density at radius 1 is 1.41 bits per heavy atom. The molecule has 0 aliphatic heterocycles. The van der Waals surface area contributed by atoms with Crippen LogP contribution in [0.5, 0.6) is 0 Å². The van der Waals surface area contributed by atoms with Crippen LogP contribution in [0.3, 0.4) is 0 Å². The molecule has 2 unspecified atom stereocenters. The molecule has 1 aromatic carbocycles. The normalized spacial score (nSPS) is 17.5. The number of hydrogen-bond acceptors (Lipinski definition) is 3. The molecule has 0 amide bonds. The molecule has 0 bridgehead atoms. The second-order valence-electron chi connectivity index (χ2n) is 4.15. The fourth-order valence-electron chi connectivity index (χ4n) is 1.62. The van der Waals surface area contributed by atoms with Gasteiger partial charge in [0.25, 0.3) is 0 Å². The molecule has 0 saturated carbocycles. The summed E-state index contributed by atoms with van der Waals surface area (Å²) in [5, 5.41) is 10.2. The summed E-state index contributed by atoms with van der Waals surface area (Å²) in [4.78, 5) is 0. The first-order chi connectivity index (χ1) is 7.74. The number of halogens is 1. The second kappa shape index (κ2) is 4.96. The highest BCUT2D eigenvalue weighted by Gasteiger charge is 2.43. The zero-order chi connectivity index (χ0) is 13.3. The van der Waals surface area contributed by atoms with E-state index in [2.05, 4.69) is 0 Å². The first-order valence-corrected chi connectivity index (χ1v) is 7.42. The van der Waals surface area contributed by atoms with Crippen molar-refractivity contribution < 1.29 is 13.5 Å². The number of benzene rings is 1. The minimum Gasteiger partial charge on any atom is -0.385 e. The standard InChI is InChI=1S/C12H17ClO3S/c1-4-17(15,16)12(3,13)11(14)10-8-6-5-7-9(10)2/h5-8,11,14H,4H2,1-3H3. The van der Waals surface area contributed by atoms with Gasteiger partial charge in [0, 0.05) is 5.75 Å². The van der Waals surface area contributed by atoms with Gasteiger partial charge in [-0.15, -0.1) is 0 Å². The number of rotatable bonds is 4. The quantitative estimate of drug-likeness (QED) is 0.860. The van der Waals surface area contributed by atoms with E-state index in [1.165, 1.54) is 13.8 Å². The van der Waals surface area contributed by atoms with Gasteiger partial charge >= 0.3 is 0 Å². The van der Waals surface area contributed by atoms with Gasteiger partial charge in [0.2, 0.25) is 0 Å². The van der Waals surface area contributed by atoms with Gasteiger partial charge in [-0.1, -0.05) is 42.8 Å². The lowest BCUT2D eigenvalue weighted by Gasteiger charge is -2.28. The van der Waals surface area contributed by atoms with Gasteiger partial charge in [0.1, 0.15) is 6.10 Å². The molecule has 0 radical (unpaired) electrons. The lowest BCUT2D eigenvalue weighted by atomic mass is 10.0. The molecule has 0 saturated heterocycles. The van der Waals surface area contributed by atoms with Crippen molar-refractivity contribution in [1.82, 2.24) is 0 Å². The highest BCUT2D eigenvalue weighted by molar-refractivity contribution is 7.94. The Hall–Kier alpha value is -0.580. The molecular weight excluding hydrogens is 260 g/mol. The molecule has 5 heteroatoms. The molecule has 1 N–H and O–H groups in total. The van der Waals surface area contributed by atoms with Crippen molar-refractivity contribution in [2.45, 2.75) is 31.1 Å². The molecule has 0 fully saturated rings. The number of sulfone groups is 1. The maximum Gasteiger partial charge on any atom is 0.172 e. The van der Waals surface area contributed by atoms with Crippen LogP contribution in [0.4, 0.5) is 0 Å². The molecule has 0 aliphatic carbocycles. The number of aliphatic hydroxyl groups is 1. The van der Waals surface area contributed by atoms with E-state index in [4.69, 9.17) is 11.6 Å². The van der Waals surface area contributed by atoms with E-state index in [9.17, 15) is 13.5 Å². The number of alkyl halides is 1. The first kappa shape index (κ1) is 14.5. The highest BCUT2D eigenvalue weighted by atomic mass is 35.5. The van der Waals surface area contributed by atoms with Crippen molar-refractivity contribution in [3.05, 3.63) is 35.4 Å². The van der Waals surface area contributed by atoms with Crippen LogP contribution in [-0.2, 0) is 9.84 Å². The van der Waals surface area contributed by atoms with E-state index >= 15 is 0 Å². The topological polar surface area (TPSA) is 54.4 Å². The summed E-state index contributed by atoms with van der Waals surface area (Å²) in [6, 6.07) is 7.07. The molecule has 0 aromatic heterocycles. The van der Waals surface area contributed by atoms with Crippen LogP contribution in [0.15, 0.2) is 24.3 Å². The van der Waals surface area contributed by atoms with Gasteiger partial charge in [-0.25, -0.2) is 8.42 Å². The Morgan fingerprint density at radius 3 is 2.41 bits per heavy atom. The third-order valence-corrected chi connectivity index (χ3v) is 6.07. The monoisotopic (exact) mass is 276 g/mol. The van der Waals surface area contributed by atoms with E-state index < -0.39 is 20.1 Å². The molecular formula is C12H17ClO3S. The highest BCUT2D eigenvalue weighted by Crippen LogP contribution is 2.38. The zero-order valence-electron chi connectivity index (χ0n) is 10.1. The maximum absolute atomic E-state index is 11.9. The van der Waals surface area contributed by atoms with Crippen molar-refractivity contribution in [3.8, 4) is 0 Å². The van der Waals surface area contributed by atoms with Crippen LogP contribution < -0.4 is 0 Å². The van der Waals surface area contributed by atoms with Crippen molar-refractivity contribution >= 4 is 21.4 Å². The minimum atomic E-state index is -3.55. The van der Waals surface area contributed by atoms with Crippen LogP contribution in [0, 0.1) is 6.92 Å². The summed E-state index contributed by atoms with van der Waals surface area (Å²) < 4.78 is 22.0. The van der Waals surface area contributed by atoms with Crippen LogP contribution in [0.1, 0.15) is 31.1 Å². The molecule has 96 valence electrons. The largest absolute Gasteiger partial charge is 0.385 e. The van der Waals surface area contributed by atoms with Crippen LogP contribution >= 0.6 is 11.6 Å². The maximum atomic E-state index is 11.9. The average molecular weight is 277 g/mol. The predicted molar refractivity (Wildman–Crippen MR) is 69.9 cm³/mol. The SMILES string of the molecule is CCS(=O)(=O)C(C)(Cl)C(O)c1ccccc1C. The number of hydrogen-bond donors (Lipinski definition) is 1. The summed E-state index contributed by atoms with van der Waals surface area (Å²) in [7, 11) is -3.55. The molecule has 1 rings (SSSR count). The van der Waals surface area contributed by atoms with E-state index in [1.807, 2.05) is 19.1 Å². The van der Waals surface area contributed by atoms with E-state index in [-0.39, 0.29) is 5.75 Å². The Kier molecular flexibility index (Phi) is 4.23. The van der Waals surface area contributed by atoms with Crippen molar-refractivity contribution in [2.75, 3.05) is 5.75 Å². The summed E-state index contributed by atoms with van der Waals surface area (Å²) in [5.74, 6) is -0.101. The Morgan fingerprint density at radius 2 is 1.94 bits per heavy atom. The molecule has 17 heavy (non-hydrogen) atoms.